The fraction of sp³-hybridized carbons (Fsp3) is 0. The minimum absolute atomic E-state index is 0. The Morgan fingerprint density at radius 2 is 1.30 bits per heavy atom. The van der Waals surface area contributed by atoms with Crippen molar-refractivity contribution < 1.29 is 30.2 Å². The summed E-state index contributed by atoms with van der Waals surface area (Å²) in [5.74, 6) is 1.11. The summed E-state index contributed by atoms with van der Waals surface area (Å²) in [5, 5.41) is 4.20. The molecule has 0 unspecified atom stereocenters. The number of fused-ring (bicyclic) bond motifs is 7. The maximum atomic E-state index is 6.86. The predicted octanol–water partition coefficient (Wildman–Crippen LogP) is 10.2. The van der Waals surface area contributed by atoms with E-state index in [4.69, 9.17) is 9.15 Å². The first kappa shape index (κ1) is 28.0. The summed E-state index contributed by atoms with van der Waals surface area (Å²) in [6, 6.07) is 49.5. The van der Waals surface area contributed by atoms with Gasteiger partial charge in [-0.15, -0.1) is 23.8 Å². The monoisotopic (exact) mass is 772 g/mol. The van der Waals surface area contributed by atoms with E-state index in [0.717, 1.165) is 61.0 Å². The second kappa shape index (κ2) is 11.4. The molecule has 0 fully saturated rings. The van der Waals surface area contributed by atoms with Gasteiger partial charge in [0, 0.05) is 45.7 Å². The standard InChI is InChI=1S/C40H23N3O2.Pt/c1-2-12-27(13-3-1)43-37-18-5-4-15-30(37)31-19-20-32-33-24-29(44-28-14-10-11-26(23-28)35-16-6-8-21-41-35)25-34(36-17-7-9-22-42-36)39(33)45-40(32)38(31)43;/h1-22,24H;/q-2;+2. The smallest absolute Gasteiger partial charge is 0.498 e. The molecule has 46 heavy (non-hydrogen) atoms. The second-order valence-electron chi connectivity index (χ2n) is 10.8. The summed E-state index contributed by atoms with van der Waals surface area (Å²) in [6.07, 6.45) is 3.55. The number of para-hydroxylation sites is 2. The molecule has 0 bridgehead atoms. The van der Waals surface area contributed by atoms with Crippen LogP contribution in [0.1, 0.15) is 0 Å². The Hall–Kier alpha value is -5.51. The van der Waals surface area contributed by atoms with E-state index >= 15 is 0 Å². The summed E-state index contributed by atoms with van der Waals surface area (Å²) in [7, 11) is 0. The van der Waals surface area contributed by atoms with E-state index < -0.39 is 0 Å². The molecular formula is C40H23N3O2Pt. The predicted molar refractivity (Wildman–Crippen MR) is 179 cm³/mol. The molecular weight excluding hydrogens is 750 g/mol. The van der Waals surface area contributed by atoms with E-state index in [2.05, 4.69) is 87.3 Å². The molecule has 5 nitrogen and oxygen atoms in total. The maximum Gasteiger partial charge on any atom is 2.00 e. The van der Waals surface area contributed by atoms with Gasteiger partial charge in [0.05, 0.1) is 16.6 Å². The largest absolute Gasteiger partial charge is 2.00 e. The fourth-order valence-electron chi connectivity index (χ4n) is 6.19. The second-order valence-corrected chi connectivity index (χ2v) is 10.8. The van der Waals surface area contributed by atoms with Crippen LogP contribution < -0.4 is 4.74 Å². The number of nitrogens with zero attached hydrogens (tertiary/aromatic N) is 3. The van der Waals surface area contributed by atoms with Gasteiger partial charge in [-0.3, -0.25) is 0 Å². The third kappa shape index (κ3) is 4.60. The number of ether oxygens (including phenoxy) is 1. The maximum absolute atomic E-state index is 6.86. The van der Waals surface area contributed by atoms with Gasteiger partial charge >= 0.3 is 21.1 Å². The number of aromatic nitrogens is 3. The van der Waals surface area contributed by atoms with Crippen LogP contribution in [0.5, 0.6) is 11.5 Å². The molecule has 6 heteroatoms. The van der Waals surface area contributed by atoms with Crippen molar-refractivity contribution in [3.05, 3.63) is 152 Å². The van der Waals surface area contributed by atoms with E-state index in [9.17, 15) is 0 Å². The number of pyridine rings is 2. The van der Waals surface area contributed by atoms with Gasteiger partial charge in [-0.2, -0.15) is 0 Å². The Balaban J connectivity index is 0.00000312. The molecule has 0 spiro atoms. The normalized spacial score (nSPS) is 11.3. The Kier molecular flexibility index (Phi) is 6.97. The zero-order chi connectivity index (χ0) is 29.7. The SMILES string of the molecule is [Pt+2].[c-]1c(Oc2[c-]c(-c3ccccn3)c3oc4c(ccc5c6ccccc6n(-c6ccccc6)c54)c3c2)cccc1-c1ccccn1. The molecule has 5 aromatic carbocycles. The van der Waals surface area contributed by atoms with Crippen molar-refractivity contribution in [1.29, 1.82) is 0 Å². The molecule has 0 aliphatic heterocycles. The molecule has 220 valence electrons. The zero-order valence-electron chi connectivity index (χ0n) is 24.3. The van der Waals surface area contributed by atoms with Crippen LogP contribution in [0.2, 0.25) is 0 Å². The Morgan fingerprint density at radius 1 is 0.565 bits per heavy atom. The molecule has 0 saturated carbocycles. The molecule has 0 atom stereocenters. The molecule has 9 rings (SSSR count). The summed E-state index contributed by atoms with van der Waals surface area (Å²) in [6.45, 7) is 0. The Labute approximate surface area is 279 Å². The number of benzene rings is 5. The van der Waals surface area contributed by atoms with Gasteiger partial charge in [0.2, 0.25) is 0 Å². The van der Waals surface area contributed by atoms with Gasteiger partial charge in [-0.1, -0.05) is 102 Å². The van der Waals surface area contributed by atoms with Gasteiger partial charge in [-0.05, 0) is 41.7 Å². The molecule has 4 aromatic heterocycles. The van der Waals surface area contributed by atoms with Gasteiger partial charge in [-0.25, -0.2) is 0 Å². The summed E-state index contributed by atoms with van der Waals surface area (Å²) >= 11 is 0. The molecule has 0 aliphatic rings. The Morgan fingerprint density at radius 3 is 2.11 bits per heavy atom. The number of furan rings is 1. The minimum atomic E-state index is 0. The minimum Gasteiger partial charge on any atom is -0.498 e. The number of rotatable bonds is 5. The van der Waals surface area contributed by atoms with Crippen LogP contribution in [-0.4, -0.2) is 14.5 Å². The third-order valence-corrected chi connectivity index (χ3v) is 8.14. The molecule has 0 saturated heterocycles. The Bertz CT molecular complexity index is 2510. The van der Waals surface area contributed by atoms with Crippen LogP contribution in [0.25, 0.3) is 71.9 Å². The van der Waals surface area contributed by atoms with Crippen molar-refractivity contribution in [2.24, 2.45) is 0 Å². The number of hydrogen-bond acceptors (Lipinski definition) is 4. The van der Waals surface area contributed by atoms with Crippen molar-refractivity contribution >= 4 is 43.7 Å². The van der Waals surface area contributed by atoms with Gasteiger partial charge in [0.25, 0.3) is 0 Å². The van der Waals surface area contributed by atoms with Gasteiger partial charge in [0.15, 0.2) is 0 Å². The van der Waals surface area contributed by atoms with Crippen LogP contribution in [0.3, 0.4) is 0 Å². The first-order valence-electron chi connectivity index (χ1n) is 14.7. The molecule has 0 amide bonds. The van der Waals surface area contributed by atoms with Gasteiger partial charge in [0.1, 0.15) is 5.58 Å². The summed E-state index contributed by atoms with van der Waals surface area (Å²) in [5.41, 5.74) is 7.87. The summed E-state index contributed by atoms with van der Waals surface area (Å²) < 4.78 is 15.6. The van der Waals surface area contributed by atoms with Crippen LogP contribution in [0.15, 0.2) is 144 Å². The van der Waals surface area contributed by atoms with E-state index in [-0.39, 0.29) is 21.1 Å². The molecule has 0 radical (unpaired) electrons. The van der Waals surface area contributed by atoms with Crippen molar-refractivity contribution in [2.75, 3.05) is 0 Å². The van der Waals surface area contributed by atoms with Crippen molar-refractivity contribution in [3.63, 3.8) is 0 Å². The van der Waals surface area contributed by atoms with Crippen LogP contribution >= 0.6 is 0 Å². The van der Waals surface area contributed by atoms with Crippen LogP contribution in [-0.2, 0) is 21.1 Å². The van der Waals surface area contributed by atoms with Crippen LogP contribution in [0, 0.1) is 12.1 Å². The molecule has 0 N–H and O–H groups in total. The van der Waals surface area contributed by atoms with Crippen LogP contribution in [0.4, 0.5) is 0 Å². The third-order valence-electron chi connectivity index (χ3n) is 8.14. The van der Waals surface area contributed by atoms with E-state index in [1.807, 2.05) is 66.7 Å². The fourth-order valence-corrected chi connectivity index (χ4v) is 6.19. The van der Waals surface area contributed by atoms with Crippen molar-refractivity contribution in [2.45, 2.75) is 0 Å². The van der Waals surface area contributed by atoms with Gasteiger partial charge < -0.3 is 23.7 Å². The van der Waals surface area contributed by atoms with Crippen molar-refractivity contribution in [1.82, 2.24) is 14.5 Å². The van der Waals surface area contributed by atoms with Crippen molar-refractivity contribution in [3.8, 4) is 39.7 Å². The van der Waals surface area contributed by atoms with E-state index in [1.54, 1.807) is 12.4 Å². The molecule has 0 aliphatic carbocycles. The quantitative estimate of drug-likeness (QED) is 0.164. The van der Waals surface area contributed by atoms with E-state index in [1.165, 1.54) is 5.39 Å². The van der Waals surface area contributed by atoms with E-state index in [0.29, 0.717) is 17.1 Å². The first-order valence-corrected chi connectivity index (χ1v) is 14.7. The number of hydrogen-bond donors (Lipinski definition) is 0. The molecule has 4 heterocycles. The first-order chi connectivity index (χ1) is 22.3. The summed E-state index contributed by atoms with van der Waals surface area (Å²) in [4.78, 5) is 9.14. The zero-order valence-corrected chi connectivity index (χ0v) is 26.5. The average Bonchev–Trinajstić information content (AvgIpc) is 3.65. The average molecular weight is 773 g/mol. The topological polar surface area (TPSA) is 53.1 Å². The molecule has 9 aromatic rings.